The second-order valence-corrected chi connectivity index (χ2v) is 3.50. The average Bonchev–Trinajstić information content (AvgIpc) is 2.83. The van der Waals surface area contributed by atoms with Gasteiger partial charge in [-0.05, 0) is 13.3 Å². The van der Waals surface area contributed by atoms with Gasteiger partial charge in [-0.15, -0.1) is 0 Å². The Morgan fingerprint density at radius 1 is 1.69 bits per heavy atom. The summed E-state index contributed by atoms with van der Waals surface area (Å²) in [6.07, 6.45) is 3.40. The van der Waals surface area contributed by atoms with Gasteiger partial charge in [0.05, 0.1) is 0 Å². The molecule has 0 fully saturated rings. The van der Waals surface area contributed by atoms with Crippen molar-refractivity contribution in [3.63, 3.8) is 0 Å². The average molecular weight is 225 g/mol. The molecule has 1 heterocycles. The molecule has 0 saturated heterocycles. The molecule has 0 aliphatic carbocycles. The molecule has 1 aromatic rings. The molecule has 1 atom stereocenters. The van der Waals surface area contributed by atoms with Crippen LogP contribution < -0.4 is 5.32 Å². The van der Waals surface area contributed by atoms with Crippen LogP contribution in [0.1, 0.15) is 20.3 Å². The maximum absolute atomic E-state index is 11.6. The Kier molecular flexibility index (Phi) is 3.60. The summed E-state index contributed by atoms with van der Waals surface area (Å²) in [6, 6.07) is 0. The first-order chi connectivity index (χ1) is 7.60. The zero-order chi connectivity index (χ0) is 12.2. The largest absolute Gasteiger partial charge is 0.410 e. The minimum Gasteiger partial charge on any atom is -0.410 e. The van der Waals surface area contributed by atoms with Crippen molar-refractivity contribution in [2.45, 2.75) is 25.8 Å². The highest BCUT2D eigenvalue weighted by Crippen LogP contribution is 2.21. The van der Waals surface area contributed by atoms with E-state index in [0.29, 0.717) is 6.42 Å². The fourth-order valence-electron chi connectivity index (χ4n) is 1.42. The molecule has 7 heteroatoms. The number of aromatic nitrogens is 3. The number of hydrogen-bond donors (Lipinski definition) is 2. The van der Waals surface area contributed by atoms with Crippen molar-refractivity contribution in [3.8, 4) is 0 Å². The third-order valence-electron chi connectivity index (χ3n) is 2.67. The van der Waals surface area contributed by atoms with Crippen molar-refractivity contribution < 1.29 is 10.0 Å². The number of oxime groups is 1. The summed E-state index contributed by atoms with van der Waals surface area (Å²) >= 11 is 0. The molecule has 88 valence electrons. The third-order valence-corrected chi connectivity index (χ3v) is 2.67. The van der Waals surface area contributed by atoms with Gasteiger partial charge in [0, 0.05) is 7.05 Å². The summed E-state index contributed by atoms with van der Waals surface area (Å²) in [5.41, 5.74) is -0.811. The third kappa shape index (κ3) is 1.88. The van der Waals surface area contributed by atoms with Crippen LogP contribution in [0.2, 0.25) is 0 Å². The molecule has 1 rings (SSSR count). The van der Waals surface area contributed by atoms with Crippen LogP contribution in [-0.4, -0.2) is 38.6 Å². The summed E-state index contributed by atoms with van der Waals surface area (Å²) in [5.74, 6) is -0.442. The molecule has 2 N–H and O–H groups in total. The van der Waals surface area contributed by atoms with Crippen LogP contribution in [-0.2, 0) is 10.3 Å². The van der Waals surface area contributed by atoms with Crippen LogP contribution in [0.15, 0.2) is 17.8 Å². The van der Waals surface area contributed by atoms with E-state index < -0.39 is 11.4 Å². The zero-order valence-electron chi connectivity index (χ0n) is 9.51. The zero-order valence-corrected chi connectivity index (χ0v) is 9.51. The Hall–Kier alpha value is -1.92. The first-order valence-corrected chi connectivity index (χ1v) is 4.89. The molecule has 0 saturated carbocycles. The predicted octanol–water partition coefficient (Wildman–Crippen LogP) is -0.0205. The molecule has 0 spiro atoms. The summed E-state index contributed by atoms with van der Waals surface area (Å²) in [5, 5.41) is 18.4. The number of nitrogens with zero attached hydrogens (tertiary/aromatic N) is 4. The molecule has 1 unspecified atom stereocenters. The molecule has 1 amide bonds. The summed E-state index contributed by atoms with van der Waals surface area (Å²) in [6.45, 7) is 3.63. The topological polar surface area (TPSA) is 92.4 Å². The second-order valence-electron chi connectivity index (χ2n) is 3.50. The van der Waals surface area contributed by atoms with Crippen molar-refractivity contribution in [2.24, 2.45) is 5.16 Å². The predicted molar refractivity (Wildman–Crippen MR) is 57.2 cm³/mol. The van der Waals surface area contributed by atoms with E-state index in [2.05, 4.69) is 20.6 Å². The minimum absolute atomic E-state index is 0.00278. The van der Waals surface area contributed by atoms with E-state index in [1.807, 2.05) is 6.92 Å². The SMILES string of the molecule is CCC(C)(C(=NO)C(=O)NC)n1cncn1. The number of carbonyl (C=O) groups excluding carboxylic acids is 1. The number of carbonyl (C=O) groups is 1. The molecule has 1 aromatic heterocycles. The fraction of sp³-hybridized carbons (Fsp3) is 0.556. The van der Waals surface area contributed by atoms with Crippen molar-refractivity contribution in [1.29, 1.82) is 0 Å². The van der Waals surface area contributed by atoms with Gasteiger partial charge in [0.25, 0.3) is 5.91 Å². The van der Waals surface area contributed by atoms with E-state index >= 15 is 0 Å². The normalized spacial score (nSPS) is 15.6. The van der Waals surface area contributed by atoms with Gasteiger partial charge in [-0.1, -0.05) is 12.1 Å². The van der Waals surface area contributed by atoms with Gasteiger partial charge in [-0.25, -0.2) is 9.67 Å². The lowest BCUT2D eigenvalue weighted by Crippen LogP contribution is -2.47. The molecule has 0 aromatic carbocycles. The van der Waals surface area contributed by atoms with Gasteiger partial charge in [-0.3, -0.25) is 4.79 Å². The maximum atomic E-state index is 11.6. The Morgan fingerprint density at radius 3 is 2.75 bits per heavy atom. The van der Waals surface area contributed by atoms with E-state index in [1.54, 1.807) is 6.92 Å². The van der Waals surface area contributed by atoms with Gasteiger partial charge >= 0.3 is 0 Å². The van der Waals surface area contributed by atoms with Crippen LogP contribution in [0.4, 0.5) is 0 Å². The highest BCUT2D eigenvalue weighted by atomic mass is 16.4. The van der Waals surface area contributed by atoms with Crippen LogP contribution in [0.5, 0.6) is 0 Å². The van der Waals surface area contributed by atoms with E-state index in [1.165, 1.54) is 24.4 Å². The maximum Gasteiger partial charge on any atom is 0.271 e. The van der Waals surface area contributed by atoms with Gasteiger partial charge in [0.1, 0.15) is 18.2 Å². The Bertz CT molecular complexity index is 387. The van der Waals surface area contributed by atoms with Crippen LogP contribution in [0, 0.1) is 0 Å². The van der Waals surface area contributed by atoms with Gasteiger partial charge < -0.3 is 10.5 Å². The number of amides is 1. The second kappa shape index (κ2) is 4.73. The molecule has 7 nitrogen and oxygen atoms in total. The molecule has 0 bridgehead atoms. The number of nitrogens with one attached hydrogen (secondary N) is 1. The Morgan fingerprint density at radius 2 is 2.38 bits per heavy atom. The fourth-order valence-corrected chi connectivity index (χ4v) is 1.42. The molecule has 0 aliphatic heterocycles. The first-order valence-electron chi connectivity index (χ1n) is 4.89. The lowest BCUT2D eigenvalue weighted by atomic mass is 9.92. The molecular weight excluding hydrogens is 210 g/mol. The van der Waals surface area contributed by atoms with Crippen molar-refractivity contribution in [2.75, 3.05) is 7.05 Å². The summed E-state index contributed by atoms with van der Waals surface area (Å²) in [7, 11) is 1.48. The standard InChI is InChI=1S/C9H15N5O2/c1-4-9(2,14-6-11-5-12-14)7(13-16)8(15)10-3/h5-6,16H,4H2,1-3H3,(H,10,15). The Labute approximate surface area is 93.2 Å². The summed E-state index contributed by atoms with van der Waals surface area (Å²) in [4.78, 5) is 15.4. The first kappa shape index (κ1) is 12.2. The van der Waals surface area contributed by atoms with Gasteiger partial charge in [0.15, 0.2) is 5.71 Å². The van der Waals surface area contributed by atoms with E-state index in [9.17, 15) is 4.79 Å². The van der Waals surface area contributed by atoms with E-state index in [-0.39, 0.29) is 5.71 Å². The quantitative estimate of drug-likeness (QED) is 0.428. The highest BCUT2D eigenvalue weighted by Gasteiger charge is 2.36. The summed E-state index contributed by atoms with van der Waals surface area (Å²) < 4.78 is 1.50. The van der Waals surface area contributed by atoms with Gasteiger partial charge in [-0.2, -0.15) is 5.10 Å². The van der Waals surface area contributed by atoms with E-state index in [0.717, 1.165) is 0 Å². The highest BCUT2D eigenvalue weighted by molar-refractivity contribution is 6.41. The van der Waals surface area contributed by atoms with Crippen LogP contribution in [0.25, 0.3) is 0 Å². The van der Waals surface area contributed by atoms with E-state index in [4.69, 9.17) is 5.21 Å². The Balaban J connectivity index is 3.19. The molecule has 16 heavy (non-hydrogen) atoms. The molecular formula is C9H15N5O2. The monoisotopic (exact) mass is 225 g/mol. The lowest BCUT2D eigenvalue weighted by molar-refractivity contribution is -0.115. The van der Waals surface area contributed by atoms with Crippen molar-refractivity contribution in [1.82, 2.24) is 20.1 Å². The number of rotatable bonds is 4. The van der Waals surface area contributed by atoms with Crippen molar-refractivity contribution >= 4 is 11.6 Å². The van der Waals surface area contributed by atoms with Crippen LogP contribution >= 0.6 is 0 Å². The van der Waals surface area contributed by atoms with Gasteiger partial charge in [0.2, 0.25) is 0 Å². The smallest absolute Gasteiger partial charge is 0.271 e. The number of hydrogen-bond acceptors (Lipinski definition) is 5. The van der Waals surface area contributed by atoms with Crippen molar-refractivity contribution in [3.05, 3.63) is 12.7 Å². The lowest BCUT2D eigenvalue weighted by Gasteiger charge is -2.27. The molecule has 0 radical (unpaired) electrons. The minimum atomic E-state index is -0.814. The molecule has 0 aliphatic rings. The van der Waals surface area contributed by atoms with Crippen LogP contribution in [0.3, 0.4) is 0 Å².